The number of ether oxygens (including phenoxy) is 2. The first-order valence-electron chi connectivity index (χ1n) is 11.2. The Balaban J connectivity index is 1.36. The largest absolute Gasteiger partial charge is 0.489 e. The van der Waals surface area contributed by atoms with Crippen LogP contribution in [0.1, 0.15) is 21.5 Å². The van der Waals surface area contributed by atoms with Crippen LogP contribution in [0, 0.1) is 0 Å². The third-order valence-electron chi connectivity index (χ3n) is 5.86. The Kier molecular flexibility index (Phi) is 6.13. The Labute approximate surface area is 199 Å². The summed E-state index contributed by atoms with van der Waals surface area (Å²) in [6, 6.07) is 32.6. The van der Waals surface area contributed by atoms with Crippen LogP contribution in [0.5, 0.6) is 5.75 Å². The van der Waals surface area contributed by atoms with E-state index in [0.29, 0.717) is 18.7 Å². The first-order chi connectivity index (χ1) is 16.7. The van der Waals surface area contributed by atoms with Crippen molar-refractivity contribution in [2.24, 2.45) is 0 Å². The summed E-state index contributed by atoms with van der Waals surface area (Å²) in [7, 11) is 1.41. The minimum atomic E-state index is -0.334. The third-order valence-corrected chi connectivity index (χ3v) is 5.86. The molecule has 0 fully saturated rings. The fourth-order valence-corrected chi connectivity index (χ4v) is 4.13. The molecule has 0 atom stereocenters. The first kappa shape index (κ1) is 21.5. The highest BCUT2D eigenvalue weighted by Gasteiger charge is 2.16. The van der Waals surface area contributed by atoms with Gasteiger partial charge in [-0.15, -0.1) is 0 Å². The monoisotopic (exact) mass is 447 g/mol. The van der Waals surface area contributed by atoms with Crippen molar-refractivity contribution in [3.05, 3.63) is 126 Å². The summed E-state index contributed by atoms with van der Waals surface area (Å²) >= 11 is 0. The lowest BCUT2D eigenvalue weighted by Crippen LogP contribution is -2.02. The smallest absolute Gasteiger partial charge is 0.340 e. The predicted octanol–water partition coefficient (Wildman–Crippen LogP) is 6.72. The van der Waals surface area contributed by atoms with Crippen LogP contribution < -0.4 is 4.74 Å². The van der Waals surface area contributed by atoms with Gasteiger partial charge in [-0.25, -0.2) is 4.79 Å². The first-order valence-corrected chi connectivity index (χ1v) is 11.2. The van der Waals surface area contributed by atoms with Crippen molar-refractivity contribution in [2.45, 2.75) is 13.2 Å². The van der Waals surface area contributed by atoms with Gasteiger partial charge in [0.1, 0.15) is 12.4 Å². The second kappa shape index (κ2) is 9.67. The number of nitrogens with zero attached hydrogens (tertiary/aromatic N) is 1. The van der Waals surface area contributed by atoms with Gasteiger partial charge in [0.2, 0.25) is 0 Å². The zero-order valence-corrected chi connectivity index (χ0v) is 19.0. The molecule has 0 bridgehead atoms. The van der Waals surface area contributed by atoms with E-state index in [4.69, 9.17) is 9.47 Å². The Morgan fingerprint density at radius 3 is 2.24 bits per heavy atom. The molecule has 5 aromatic rings. The molecule has 4 aromatic carbocycles. The molecule has 0 aliphatic heterocycles. The average molecular weight is 448 g/mol. The van der Waals surface area contributed by atoms with Crippen molar-refractivity contribution in [3.63, 3.8) is 0 Å². The van der Waals surface area contributed by atoms with Gasteiger partial charge in [0.25, 0.3) is 0 Å². The second-order valence-electron chi connectivity index (χ2n) is 8.23. The van der Waals surface area contributed by atoms with Gasteiger partial charge < -0.3 is 14.0 Å². The van der Waals surface area contributed by atoms with Crippen molar-refractivity contribution in [2.75, 3.05) is 7.11 Å². The van der Waals surface area contributed by atoms with E-state index in [1.807, 2.05) is 71.6 Å². The van der Waals surface area contributed by atoms with Crippen molar-refractivity contribution in [1.82, 2.24) is 4.57 Å². The SMILES string of the molecule is COC(=O)c1cn(Cc2ccc3cc(OCc4ccccc4)ccc3c2)cc1-c1ccccc1. The van der Waals surface area contributed by atoms with Gasteiger partial charge in [0.15, 0.2) is 0 Å². The molecule has 168 valence electrons. The molecule has 0 N–H and O–H groups in total. The highest BCUT2D eigenvalue weighted by atomic mass is 16.5. The van der Waals surface area contributed by atoms with Crippen LogP contribution in [0.4, 0.5) is 0 Å². The molecule has 0 saturated carbocycles. The zero-order chi connectivity index (χ0) is 23.3. The van der Waals surface area contributed by atoms with Crippen molar-refractivity contribution < 1.29 is 14.3 Å². The molecule has 1 heterocycles. The predicted molar refractivity (Wildman–Crippen MR) is 135 cm³/mol. The summed E-state index contributed by atoms with van der Waals surface area (Å²) in [5.41, 5.74) is 4.72. The number of rotatable bonds is 7. The van der Waals surface area contributed by atoms with E-state index in [1.54, 1.807) is 0 Å². The molecular weight excluding hydrogens is 422 g/mol. The highest BCUT2D eigenvalue weighted by molar-refractivity contribution is 5.97. The van der Waals surface area contributed by atoms with E-state index in [0.717, 1.165) is 38.8 Å². The van der Waals surface area contributed by atoms with Gasteiger partial charge >= 0.3 is 5.97 Å². The van der Waals surface area contributed by atoms with Gasteiger partial charge in [-0.2, -0.15) is 0 Å². The van der Waals surface area contributed by atoms with Crippen molar-refractivity contribution in [3.8, 4) is 16.9 Å². The number of hydrogen-bond donors (Lipinski definition) is 0. The number of fused-ring (bicyclic) bond motifs is 1. The molecule has 0 spiro atoms. The Hall–Kier alpha value is -4.31. The lowest BCUT2D eigenvalue weighted by molar-refractivity contribution is 0.0601. The third kappa shape index (κ3) is 4.71. The summed E-state index contributed by atoms with van der Waals surface area (Å²) in [4.78, 5) is 12.4. The van der Waals surface area contributed by atoms with E-state index in [2.05, 4.69) is 42.5 Å². The van der Waals surface area contributed by atoms with Crippen LogP contribution in [0.25, 0.3) is 21.9 Å². The minimum Gasteiger partial charge on any atom is -0.489 e. The Morgan fingerprint density at radius 1 is 0.765 bits per heavy atom. The summed E-state index contributed by atoms with van der Waals surface area (Å²) in [5.74, 6) is 0.517. The van der Waals surface area contributed by atoms with Gasteiger partial charge in [0.05, 0.1) is 12.7 Å². The molecule has 4 heteroatoms. The average Bonchev–Trinajstić information content (AvgIpc) is 3.32. The minimum absolute atomic E-state index is 0.334. The van der Waals surface area contributed by atoms with Crippen LogP contribution in [0.15, 0.2) is 109 Å². The second-order valence-corrected chi connectivity index (χ2v) is 8.23. The Morgan fingerprint density at radius 2 is 1.47 bits per heavy atom. The van der Waals surface area contributed by atoms with Crippen LogP contribution in [0.2, 0.25) is 0 Å². The number of aromatic nitrogens is 1. The standard InChI is InChI=1S/C30H25NO3/c1-33-30(32)29-20-31(19-28(29)24-10-6-3-7-11-24)18-23-12-13-26-17-27(15-14-25(26)16-23)34-21-22-8-4-2-5-9-22/h2-17,19-20H,18,21H2,1H3. The van der Waals surface area contributed by atoms with E-state index in [1.165, 1.54) is 7.11 Å². The number of benzene rings is 4. The van der Waals surface area contributed by atoms with Crippen LogP contribution in [-0.4, -0.2) is 17.6 Å². The fourth-order valence-electron chi connectivity index (χ4n) is 4.13. The zero-order valence-electron chi connectivity index (χ0n) is 19.0. The maximum Gasteiger partial charge on any atom is 0.340 e. The number of carbonyl (C=O) groups is 1. The molecule has 34 heavy (non-hydrogen) atoms. The summed E-state index contributed by atoms with van der Waals surface area (Å²) < 4.78 is 13.0. The summed E-state index contributed by atoms with van der Waals surface area (Å²) in [6.07, 6.45) is 3.87. The summed E-state index contributed by atoms with van der Waals surface area (Å²) in [6.45, 7) is 1.20. The normalized spacial score (nSPS) is 10.9. The molecular formula is C30H25NO3. The molecule has 1 aromatic heterocycles. The van der Waals surface area contributed by atoms with Crippen LogP contribution >= 0.6 is 0 Å². The number of esters is 1. The van der Waals surface area contributed by atoms with E-state index in [-0.39, 0.29) is 5.97 Å². The molecule has 0 aliphatic carbocycles. The van der Waals surface area contributed by atoms with E-state index < -0.39 is 0 Å². The molecule has 4 nitrogen and oxygen atoms in total. The quantitative estimate of drug-likeness (QED) is 0.260. The van der Waals surface area contributed by atoms with Gasteiger partial charge in [-0.05, 0) is 45.7 Å². The van der Waals surface area contributed by atoms with Crippen molar-refractivity contribution in [1.29, 1.82) is 0 Å². The lowest BCUT2D eigenvalue weighted by Gasteiger charge is -2.09. The highest BCUT2D eigenvalue weighted by Crippen LogP contribution is 2.27. The van der Waals surface area contributed by atoms with Crippen LogP contribution in [0.3, 0.4) is 0 Å². The van der Waals surface area contributed by atoms with Gasteiger partial charge in [0, 0.05) is 24.5 Å². The molecule has 0 saturated heterocycles. The molecule has 0 radical (unpaired) electrons. The maximum atomic E-state index is 12.4. The topological polar surface area (TPSA) is 40.5 Å². The van der Waals surface area contributed by atoms with Crippen LogP contribution in [-0.2, 0) is 17.9 Å². The molecule has 5 rings (SSSR count). The Bertz CT molecular complexity index is 1420. The maximum absolute atomic E-state index is 12.4. The van der Waals surface area contributed by atoms with Gasteiger partial charge in [-0.3, -0.25) is 0 Å². The van der Waals surface area contributed by atoms with E-state index >= 15 is 0 Å². The number of hydrogen-bond acceptors (Lipinski definition) is 3. The number of carbonyl (C=O) groups excluding carboxylic acids is 1. The fraction of sp³-hybridized carbons (Fsp3) is 0.100. The lowest BCUT2D eigenvalue weighted by atomic mass is 10.1. The van der Waals surface area contributed by atoms with Gasteiger partial charge in [-0.1, -0.05) is 78.9 Å². The number of methoxy groups -OCH3 is 1. The van der Waals surface area contributed by atoms with Crippen molar-refractivity contribution >= 4 is 16.7 Å². The molecule has 0 amide bonds. The summed E-state index contributed by atoms with van der Waals surface area (Å²) in [5, 5.41) is 2.27. The molecule has 0 aliphatic rings. The molecule has 0 unspecified atom stereocenters. The van der Waals surface area contributed by atoms with E-state index in [9.17, 15) is 4.79 Å².